The number of carbonyl (C=O) groups excluding carboxylic acids is 1. The molecule has 0 radical (unpaired) electrons. The highest BCUT2D eigenvalue weighted by Crippen LogP contribution is 2.36. The van der Waals surface area contributed by atoms with E-state index in [1.807, 2.05) is 29.3 Å². The van der Waals surface area contributed by atoms with E-state index in [2.05, 4.69) is 35.0 Å². The fourth-order valence-corrected chi connectivity index (χ4v) is 6.08. The number of piperidine rings is 2. The van der Waals surface area contributed by atoms with Gasteiger partial charge in [0.2, 0.25) is 0 Å². The Balaban J connectivity index is 1.30. The van der Waals surface area contributed by atoms with Gasteiger partial charge in [-0.25, -0.2) is 0 Å². The van der Waals surface area contributed by atoms with Crippen molar-refractivity contribution in [3.63, 3.8) is 0 Å². The maximum absolute atomic E-state index is 13.6. The predicted molar refractivity (Wildman–Crippen MR) is 148 cm³/mol. The van der Waals surface area contributed by atoms with Gasteiger partial charge in [-0.3, -0.25) is 9.69 Å². The van der Waals surface area contributed by atoms with E-state index in [1.54, 1.807) is 20.3 Å². The molecule has 6 nitrogen and oxygen atoms in total. The highest BCUT2D eigenvalue weighted by molar-refractivity contribution is 5.98. The third-order valence-corrected chi connectivity index (χ3v) is 8.35. The number of carbonyl (C=O) groups is 1. The van der Waals surface area contributed by atoms with Gasteiger partial charge in [-0.2, -0.15) is 0 Å². The molecule has 2 saturated heterocycles. The summed E-state index contributed by atoms with van der Waals surface area (Å²) in [6.07, 6.45) is 17.7. The monoisotopic (exact) mass is 503 g/mol. The Morgan fingerprint density at radius 3 is 2.38 bits per heavy atom. The SMILES string of the molecule is COc1ccc(C2=CC(=O)N3C=C(N4CCC(CN5CCCCC5)CC4)C=CC3=CCC2C)cc1OC. The quantitative estimate of drug-likeness (QED) is 0.517. The minimum absolute atomic E-state index is 0.00980. The number of rotatable bonds is 6. The van der Waals surface area contributed by atoms with Crippen molar-refractivity contribution < 1.29 is 14.3 Å². The Morgan fingerprint density at radius 2 is 1.65 bits per heavy atom. The second-order valence-electron chi connectivity index (χ2n) is 10.8. The van der Waals surface area contributed by atoms with Gasteiger partial charge in [0.15, 0.2) is 11.5 Å². The van der Waals surface area contributed by atoms with Crippen LogP contribution in [0.2, 0.25) is 0 Å². The summed E-state index contributed by atoms with van der Waals surface area (Å²) in [5.74, 6) is 2.34. The Hall–Kier alpha value is -2.99. The molecule has 1 amide bonds. The van der Waals surface area contributed by atoms with Gasteiger partial charge in [-0.1, -0.05) is 25.5 Å². The van der Waals surface area contributed by atoms with Gasteiger partial charge in [0.1, 0.15) is 0 Å². The van der Waals surface area contributed by atoms with Crippen LogP contribution >= 0.6 is 0 Å². The first-order valence-electron chi connectivity index (χ1n) is 13.9. The van der Waals surface area contributed by atoms with Crippen molar-refractivity contribution in [2.75, 3.05) is 46.9 Å². The lowest BCUT2D eigenvalue weighted by Gasteiger charge is -2.38. The largest absolute Gasteiger partial charge is 0.493 e. The van der Waals surface area contributed by atoms with Gasteiger partial charge in [0.05, 0.1) is 19.9 Å². The number of nitrogens with zero attached hydrogens (tertiary/aromatic N) is 3. The molecule has 4 aliphatic heterocycles. The Morgan fingerprint density at radius 1 is 0.919 bits per heavy atom. The average Bonchev–Trinajstić information content (AvgIpc) is 2.94. The lowest BCUT2D eigenvalue weighted by molar-refractivity contribution is -0.122. The summed E-state index contributed by atoms with van der Waals surface area (Å²) in [5, 5.41) is 0. The minimum atomic E-state index is -0.00980. The first-order valence-corrected chi connectivity index (χ1v) is 13.9. The Bertz CT molecular complexity index is 1100. The normalized spacial score (nSPS) is 23.5. The van der Waals surface area contributed by atoms with Gasteiger partial charge in [0, 0.05) is 37.6 Å². The molecule has 198 valence electrons. The molecule has 4 heterocycles. The summed E-state index contributed by atoms with van der Waals surface area (Å²) in [6, 6.07) is 5.88. The van der Waals surface area contributed by atoms with E-state index in [0.717, 1.165) is 48.0 Å². The van der Waals surface area contributed by atoms with Crippen molar-refractivity contribution in [2.24, 2.45) is 11.8 Å². The summed E-state index contributed by atoms with van der Waals surface area (Å²) >= 11 is 0. The third-order valence-electron chi connectivity index (χ3n) is 8.35. The number of benzene rings is 1. The van der Waals surface area contributed by atoms with Crippen molar-refractivity contribution >= 4 is 11.5 Å². The van der Waals surface area contributed by atoms with Crippen molar-refractivity contribution in [2.45, 2.75) is 45.4 Å². The average molecular weight is 504 g/mol. The second kappa shape index (κ2) is 11.6. The Kier molecular flexibility index (Phi) is 8.04. The van der Waals surface area contributed by atoms with E-state index in [1.165, 1.54) is 51.7 Å². The highest BCUT2D eigenvalue weighted by atomic mass is 16.5. The molecule has 4 aliphatic rings. The maximum atomic E-state index is 13.6. The zero-order valence-corrected chi connectivity index (χ0v) is 22.6. The number of ether oxygens (including phenoxy) is 2. The molecule has 0 spiro atoms. The summed E-state index contributed by atoms with van der Waals surface area (Å²) in [5.41, 5.74) is 4.10. The maximum Gasteiger partial charge on any atom is 0.255 e. The van der Waals surface area contributed by atoms with Crippen LogP contribution in [0.4, 0.5) is 0 Å². The zero-order valence-electron chi connectivity index (χ0n) is 22.6. The van der Waals surface area contributed by atoms with Crippen molar-refractivity contribution in [3.05, 3.63) is 65.7 Å². The minimum Gasteiger partial charge on any atom is -0.493 e. The molecule has 0 saturated carbocycles. The van der Waals surface area contributed by atoms with Crippen molar-refractivity contribution in [1.29, 1.82) is 0 Å². The Labute approximate surface area is 221 Å². The molecule has 1 aromatic carbocycles. The van der Waals surface area contributed by atoms with Crippen LogP contribution in [-0.4, -0.2) is 67.6 Å². The van der Waals surface area contributed by atoms with Crippen LogP contribution in [0.15, 0.2) is 60.1 Å². The van der Waals surface area contributed by atoms with E-state index in [9.17, 15) is 4.79 Å². The van der Waals surface area contributed by atoms with E-state index in [4.69, 9.17) is 9.47 Å². The van der Waals surface area contributed by atoms with Crippen LogP contribution in [0, 0.1) is 11.8 Å². The topological polar surface area (TPSA) is 45.2 Å². The number of methoxy groups -OCH3 is 2. The summed E-state index contributed by atoms with van der Waals surface area (Å²) in [4.78, 5) is 20.5. The van der Waals surface area contributed by atoms with E-state index in [-0.39, 0.29) is 11.8 Å². The molecule has 6 heteroatoms. The van der Waals surface area contributed by atoms with Crippen LogP contribution in [0.3, 0.4) is 0 Å². The van der Waals surface area contributed by atoms with Gasteiger partial charge < -0.3 is 19.3 Å². The molecule has 0 aliphatic carbocycles. The summed E-state index contributed by atoms with van der Waals surface area (Å²) in [6.45, 7) is 8.08. The second-order valence-corrected chi connectivity index (χ2v) is 10.8. The number of amides is 1. The number of allylic oxidation sites excluding steroid dienone is 4. The standard InChI is InChI=1S/C31H41N3O3/c1-23-7-9-26-10-11-27(33-17-13-24(14-18-33)21-32-15-5-4-6-16-32)22-34(26)31(35)20-28(23)25-8-12-29(36-2)30(19-25)37-3/h8-12,19-20,22-24H,4-7,13-18,21H2,1-3H3. The van der Waals surface area contributed by atoms with Gasteiger partial charge in [0.25, 0.3) is 5.91 Å². The first kappa shape index (κ1) is 25.7. The van der Waals surface area contributed by atoms with Crippen molar-refractivity contribution in [1.82, 2.24) is 14.7 Å². The predicted octanol–water partition coefficient (Wildman–Crippen LogP) is 5.45. The van der Waals surface area contributed by atoms with Crippen LogP contribution < -0.4 is 9.47 Å². The number of fused-ring (bicyclic) bond motifs is 1. The number of likely N-dealkylation sites (tertiary alicyclic amines) is 2. The summed E-state index contributed by atoms with van der Waals surface area (Å²) in [7, 11) is 3.27. The highest BCUT2D eigenvalue weighted by Gasteiger charge is 2.27. The van der Waals surface area contributed by atoms with E-state index < -0.39 is 0 Å². The third kappa shape index (κ3) is 5.80. The van der Waals surface area contributed by atoms with Gasteiger partial charge in [-0.15, -0.1) is 0 Å². The van der Waals surface area contributed by atoms with Crippen molar-refractivity contribution in [3.8, 4) is 11.5 Å². The molecule has 5 rings (SSSR count). The first-order chi connectivity index (χ1) is 18.1. The number of hydrogen-bond donors (Lipinski definition) is 0. The molecule has 0 bridgehead atoms. The van der Waals surface area contributed by atoms with Gasteiger partial charge >= 0.3 is 0 Å². The smallest absolute Gasteiger partial charge is 0.255 e. The molecule has 1 atom stereocenters. The van der Waals surface area contributed by atoms with Crippen LogP contribution in [0.5, 0.6) is 11.5 Å². The molecular weight excluding hydrogens is 462 g/mol. The van der Waals surface area contributed by atoms with E-state index in [0.29, 0.717) is 11.5 Å². The number of hydrogen-bond acceptors (Lipinski definition) is 5. The molecule has 37 heavy (non-hydrogen) atoms. The van der Waals surface area contributed by atoms with Crippen LogP contribution in [-0.2, 0) is 4.79 Å². The fourth-order valence-electron chi connectivity index (χ4n) is 6.08. The van der Waals surface area contributed by atoms with Crippen LogP contribution in [0.1, 0.15) is 51.0 Å². The molecule has 0 N–H and O–H groups in total. The molecule has 1 unspecified atom stereocenters. The lowest BCUT2D eigenvalue weighted by atomic mass is 9.89. The fraction of sp³-hybridized carbons (Fsp3) is 0.516. The van der Waals surface area contributed by atoms with E-state index >= 15 is 0 Å². The molecular formula is C31H41N3O3. The van der Waals surface area contributed by atoms with Gasteiger partial charge in [-0.05, 0) is 92.5 Å². The van der Waals surface area contributed by atoms with Crippen LogP contribution in [0.25, 0.3) is 5.57 Å². The zero-order chi connectivity index (χ0) is 25.8. The molecule has 0 aromatic heterocycles. The molecule has 2 fully saturated rings. The molecule has 1 aromatic rings. The lowest BCUT2D eigenvalue weighted by Crippen LogP contribution is -2.40. The summed E-state index contributed by atoms with van der Waals surface area (Å²) < 4.78 is 10.9.